The zero-order valence-electron chi connectivity index (χ0n) is 13.5. The van der Waals surface area contributed by atoms with E-state index in [1.54, 1.807) is 26.0 Å². The molecule has 3 aromatic rings. The van der Waals surface area contributed by atoms with Crippen LogP contribution in [0.4, 0.5) is 8.78 Å². The third-order valence-electron chi connectivity index (χ3n) is 3.58. The fraction of sp³-hybridized carbons (Fsp3) is 0.167. The Morgan fingerprint density at radius 3 is 2.56 bits per heavy atom. The molecule has 1 aromatic heterocycles. The minimum atomic E-state index is -0.811. The first-order valence-corrected chi connectivity index (χ1v) is 7.50. The van der Waals surface area contributed by atoms with Gasteiger partial charge in [-0.05, 0) is 49.7 Å². The number of rotatable bonds is 4. The van der Waals surface area contributed by atoms with Gasteiger partial charge in [0.1, 0.15) is 11.6 Å². The number of hydrogen-bond acceptors (Lipinski definition) is 5. The number of halogens is 2. The lowest BCUT2D eigenvalue weighted by Crippen LogP contribution is -2.09. The zero-order chi connectivity index (χ0) is 18.0. The molecule has 0 fully saturated rings. The quantitative estimate of drug-likeness (QED) is 0.662. The Balaban J connectivity index is 1.74. The van der Waals surface area contributed by atoms with Crippen molar-refractivity contribution in [2.24, 2.45) is 0 Å². The molecule has 1 heterocycles. The van der Waals surface area contributed by atoms with Crippen molar-refractivity contribution in [3.05, 3.63) is 71.1 Å². The highest BCUT2D eigenvalue weighted by atomic mass is 19.1. The summed E-state index contributed by atoms with van der Waals surface area (Å²) in [6, 6.07) is 9.55. The second-order valence-electron chi connectivity index (χ2n) is 5.47. The van der Waals surface area contributed by atoms with E-state index in [1.165, 1.54) is 18.2 Å². The highest BCUT2D eigenvalue weighted by molar-refractivity contribution is 5.89. The van der Waals surface area contributed by atoms with Gasteiger partial charge in [-0.15, -0.1) is 0 Å². The molecule has 0 aliphatic heterocycles. The molecular weight excluding hydrogens is 330 g/mol. The largest absolute Gasteiger partial charge is 0.449 e. The van der Waals surface area contributed by atoms with Crippen molar-refractivity contribution in [3.63, 3.8) is 0 Å². The molecule has 1 atom stereocenters. The highest BCUT2D eigenvalue weighted by Gasteiger charge is 2.20. The van der Waals surface area contributed by atoms with Crippen LogP contribution in [0, 0.1) is 18.6 Å². The molecule has 0 aliphatic carbocycles. The lowest BCUT2D eigenvalue weighted by molar-refractivity contribution is 0.0265. The van der Waals surface area contributed by atoms with Crippen molar-refractivity contribution in [3.8, 4) is 11.4 Å². The van der Waals surface area contributed by atoms with Crippen molar-refractivity contribution in [2.45, 2.75) is 20.0 Å². The number of aromatic nitrogens is 2. The van der Waals surface area contributed by atoms with Crippen molar-refractivity contribution < 1.29 is 22.8 Å². The second-order valence-corrected chi connectivity index (χ2v) is 5.47. The van der Waals surface area contributed by atoms with E-state index in [9.17, 15) is 13.6 Å². The van der Waals surface area contributed by atoms with E-state index in [4.69, 9.17) is 9.26 Å². The van der Waals surface area contributed by atoms with Crippen LogP contribution >= 0.6 is 0 Å². The maximum Gasteiger partial charge on any atom is 0.338 e. The van der Waals surface area contributed by atoms with Crippen LogP contribution in [0.25, 0.3) is 11.4 Å². The van der Waals surface area contributed by atoms with E-state index in [2.05, 4.69) is 10.1 Å². The van der Waals surface area contributed by atoms with Gasteiger partial charge >= 0.3 is 5.97 Å². The number of hydrogen-bond donors (Lipinski definition) is 0. The average Bonchev–Trinajstić information content (AvgIpc) is 3.08. The van der Waals surface area contributed by atoms with Crippen LogP contribution < -0.4 is 0 Å². The minimum Gasteiger partial charge on any atom is -0.449 e. The monoisotopic (exact) mass is 344 g/mol. The molecule has 25 heavy (non-hydrogen) atoms. The molecule has 3 rings (SSSR count). The van der Waals surface area contributed by atoms with Gasteiger partial charge in [0.2, 0.25) is 5.82 Å². The molecular formula is C18H14F2N2O3. The highest BCUT2D eigenvalue weighted by Crippen LogP contribution is 2.23. The summed E-state index contributed by atoms with van der Waals surface area (Å²) in [4.78, 5) is 16.1. The first-order valence-electron chi connectivity index (χ1n) is 7.50. The summed E-state index contributed by atoms with van der Waals surface area (Å²) >= 11 is 0. The van der Waals surface area contributed by atoms with Crippen LogP contribution in [0.2, 0.25) is 0 Å². The molecule has 0 saturated heterocycles. The summed E-state index contributed by atoms with van der Waals surface area (Å²) in [5.41, 5.74) is 1.16. The van der Waals surface area contributed by atoms with Gasteiger partial charge in [0, 0.05) is 5.56 Å². The third kappa shape index (κ3) is 3.71. The van der Waals surface area contributed by atoms with Crippen LogP contribution in [0.1, 0.15) is 34.8 Å². The van der Waals surface area contributed by atoms with Crippen molar-refractivity contribution in [1.82, 2.24) is 10.1 Å². The number of benzene rings is 2. The predicted octanol–water partition coefficient (Wildman–Crippen LogP) is 4.24. The average molecular weight is 344 g/mol. The van der Waals surface area contributed by atoms with Crippen molar-refractivity contribution in [1.29, 1.82) is 0 Å². The smallest absolute Gasteiger partial charge is 0.338 e. The second kappa shape index (κ2) is 6.80. The lowest BCUT2D eigenvalue weighted by atomic mass is 10.1. The van der Waals surface area contributed by atoms with E-state index in [1.807, 2.05) is 0 Å². The summed E-state index contributed by atoms with van der Waals surface area (Å²) in [5.74, 6) is -1.20. The number of esters is 1. The summed E-state index contributed by atoms with van der Waals surface area (Å²) in [7, 11) is 0. The van der Waals surface area contributed by atoms with Crippen molar-refractivity contribution in [2.75, 3.05) is 0 Å². The summed E-state index contributed by atoms with van der Waals surface area (Å²) in [5, 5.41) is 3.78. The molecule has 0 N–H and O–H groups in total. The number of aryl methyl sites for hydroxylation is 1. The SMILES string of the molecule is Cc1ccc(-c2noc(C(C)OC(=O)c3ccc(F)cc3)n2)cc1F. The van der Waals surface area contributed by atoms with Gasteiger partial charge in [-0.3, -0.25) is 0 Å². The van der Waals surface area contributed by atoms with Gasteiger partial charge in [0.25, 0.3) is 5.89 Å². The number of nitrogens with zero attached hydrogens (tertiary/aromatic N) is 2. The number of ether oxygens (including phenoxy) is 1. The van der Waals surface area contributed by atoms with Gasteiger partial charge in [0.05, 0.1) is 5.56 Å². The van der Waals surface area contributed by atoms with E-state index < -0.39 is 17.9 Å². The molecule has 5 nitrogen and oxygen atoms in total. The molecule has 7 heteroatoms. The first-order chi connectivity index (χ1) is 11.9. The maximum atomic E-state index is 13.6. The summed E-state index contributed by atoms with van der Waals surface area (Å²) < 4.78 is 36.8. The van der Waals surface area contributed by atoms with Crippen LogP contribution in [-0.2, 0) is 4.74 Å². The standard InChI is InChI=1S/C18H14F2N2O3/c1-10-3-4-13(9-15(10)20)16-21-17(25-22-16)11(2)24-18(23)12-5-7-14(19)8-6-12/h3-9,11H,1-2H3. The molecule has 1 unspecified atom stereocenters. The molecule has 0 aliphatic rings. The minimum absolute atomic E-state index is 0.0754. The Morgan fingerprint density at radius 2 is 1.88 bits per heavy atom. The predicted molar refractivity (Wildman–Crippen MR) is 84.7 cm³/mol. The van der Waals surface area contributed by atoms with Crippen molar-refractivity contribution >= 4 is 5.97 Å². The van der Waals surface area contributed by atoms with Gasteiger partial charge in [-0.1, -0.05) is 17.3 Å². The fourth-order valence-electron chi connectivity index (χ4n) is 2.11. The van der Waals surface area contributed by atoms with E-state index >= 15 is 0 Å². The third-order valence-corrected chi connectivity index (χ3v) is 3.58. The fourth-order valence-corrected chi connectivity index (χ4v) is 2.11. The van der Waals surface area contributed by atoms with Gasteiger partial charge in [0.15, 0.2) is 6.10 Å². The number of carbonyl (C=O) groups is 1. The molecule has 0 spiro atoms. The first kappa shape index (κ1) is 16.8. The maximum absolute atomic E-state index is 13.6. The molecule has 0 radical (unpaired) electrons. The van der Waals surface area contributed by atoms with Crippen LogP contribution in [-0.4, -0.2) is 16.1 Å². The molecule has 128 valence electrons. The molecule has 0 saturated carbocycles. The zero-order valence-corrected chi connectivity index (χ0v) is 13.5. The lowest BCUT2D eigenvalue weighted by Gasteiger charge is -2.08. The molecule has 2 aromatic carbocycles. The van der Waals surface area contributed by atoms with E-state index in [0.717, 1.165) is 12.1 Å². The van der Waals surface area contributed by atoms with Crippen LogP contribution in [0.15, 0.2) is 47.0 Å². The van der Waals surface area contributed by atoms with Gasteiger partial charge in [-0.2, -0.15) is 4.98 Å². The van der Waals surface area contributed by atoms with Gasteiger partial charge in [-0.25, -0.2) is 13.6 Å². The normalized spacial score (nSPS) is 12.0. The Morgan fingerprint density at radius 1 is 1.16 bits per heavy atom. The van der Waals surface area contributed by atoms with Crippen LogP contribution in [0.5, 0.6) is 0 Å². The Hall–Kier alpha value is -3.09. The Bertz CT molecular complexity index is 907. The summed E-state index contributed by atoms with van der Waals surface area (Å²) in [6.45, 7) is 3.21. The topological polar surface area (TPSA) is 65.2 Å². The summed E-state index contributed by atoms with van der Waals surface area (Å²) in [6.07, 6.45) is -0.811. The molecule has 0 amide bonds. The Labute approximate surface area is 142 Å². The van der Waals surface area contributed by atoms with Crippen LogP contribution in [0.3, 0.4) is 0 Å². The number of carbonyl (C=O) groups excluding carboxylic acids is 1. The van der Waals surface area contributed by atoms with Gasteiger partial charge < -0.3 is 9.26 Å². The van der Waals surface area contributed by atoms with E-state index in [0.29, 0.717) is 11.1 Å². The molecule has 0 bridgehead atoms. The van der Waals surface area contributed by atoms with E-state index in [-0.39, 0.29) is 23.1 Å². The Kier molecular flexibility index (Phi) is 4.56.